The predicted molar refractivity (Wildman–Crippen MR) is 124 cm³/mol. The molecule has 7 heteroatoms. The van der Waals surface area contributed by atoms with Gasteiger partial charge in [0.2, 0.25) is 0 Å². The topological polar surface area (TPSA) is 70.6 Å². The van der Waals surface area contributed by atoms with Crippen molar-refractivity contribution < 1.29 is 14.6 Å². The summed E-state index contributed by atoms with van der Waals surface area (Å²) in [7, 11) is 1.64. The van der Waals surface area contributed by atoms with Gasteiger partial charge in [0.1, 0.15) is 5.75 Å². The van der Waals surface area contributed by atoms with Gasteiger partial charge >= 0.3 is 0 Å². The van der Waals surface area contributed by atoms with Gasteiger partial charge in [0.15, 0.2) is 0 Å². The van der Waals surface area contributed by atoms with Gasteiger partial charge in [-0.3, -0.25) is 4.79 Å². The van der Waals surface area contributed by atoms with E-state index in [0.29, 0.717) is 25.1 Å². The Morgan fingerprint density at radius 3 is 2.60 bits per heavy atom. The van der Waals surface area contributed by atoms with Crippen molar-refractivity contribution >= 4 is 29.7 Å². The van der Waals surface area contributed by atoms with Crippen LogP contribution in [0.15, 0.2) is 71.4 Å². The highest BCUT2D eigenvalue weighted by Crippen LogP contribution is 2.13. The van der Waals surface area contributed by atoms with Gasteiger partial charge in [-0.05, 0) is 58.6 Å². The number of amides is 1. The molecule has 1 heterocycles. The number of aliphatic hydroxyl groups excluding tert-OH is 1. The van der Waals surface area contributed by atoms with Crippen molar-refractivity contribution in [2.24, 2.45) is 0 Å². The van der Waals surface area contributed by atoms with Gasteiger partial charge in [-0.25, -0.2) is 0 Å². The number of ether oxygens (including phenoxy) is 1. The molecule has 0 aliphatic carbocycles. The zero-order chi connectivity index (χ0) is 20.5. The van der Waals surface area contributed by atoms with Gasteiger partial charge in [-0.2, -0.15) is 11.3 Å². The summed E-state index contributed by atoms with van der Waals surface area (Å²) in [5.41, 5.74) is 2.75. The molecule has 3 N–H and O–H groups in total. The summed E-state index contributed by atoms with van der Waals surface area (Å²) in [6, 6.07) is 18.5. The smallest absolute Gasteiger partial charge is 0.251 e. The summed E-state index contributed by atoms with van der Waals surface area (Å²) in [4.78, 5) is 12.6. The molecule has 3 aromatic rings. The van der Waals surface area contributed by atoms with Crippen LogP contribution in [0, 0.1) is 0 Å². The molecule has 1 amide bonds. The molecule has 0 aliphatic heterocycles. The molecule has 0 saturated carbocycles. The molecule has 30 heavy (non-hydrogen) atoms. The van der Waals surface area contributed by atoms with E-state index in [4.69, 9.17) is 4.74 Å². The van der Waals surface area contributed by atoms with Crippen molar-refractivity contribution in [1.82, 2.24) is 10.6 Å². The van der Waals surface area contributed by atoms with E-state index >= 15 is 0 Å². The summed E-state index contributed by atoms with van der Waals surface area (Å²) < 4.78 is 5.24. The fourth-order valence-corrected chi connectivity index (χ4v) is 3.76. The maximum atomic E-state index is 12.6. The van der Waals surface area contributed by atoms with Gasteiger partial charge in [0, 0.05) is 18.7 Å². The van der Waals surface area contributed by atoms with Crippen LogP contribution in [-0.4, -0.2) is 36.8 Å². The molecular formula is C23H27ClN2O3S. The second kappa shape index (κ2) is 12.3. The third-order valence-electron chi connectivity index (χ3n) is 4.67. The lowest BCUT2D eigenvalue weighted by Gasteiger charge is -2.24. The minimum absolute atomic E-state index is 0. The van der Waals surface area contributed by atoms with Crippen LogP contribution in [0.4, 0.5) is 0 Å². The average molecular weight is 447 g/mol. The zero-order valence-electron chi connectivity index (χ0n) is 16.8. The molecule has 5 nitrogen and oxygen atoms in total. The second-order valence-corrected chi connectivity index (χ2v) is 7.61. The first kappa shape index (κ1) is 23.9. The molecule has 2 aromatic carbocycles. The van der Waals surface area contributed by atoms with E-state index in [-0.39, 0.29) is 18.3 Å². The number of hydrogen-bond donors (Lipinski definition) is 3. The summed E-state index contributed by atoms with van der Waals surface area (Å²) in [6.07, 6.45) is -0.155. The number of halogens is 1. The molecule has 160 valence electrons. The van der Waals surface area contributed by atoms with Crippen LogP contribution in [0.3, 0.4) is 0 Å². The number of nitrogens with one attached hydrogen (secondary N) is 2. The second-order valence-electron chi connectivity index (χ2n) is 6.83. The van der Waals surface area contributed by atoms with Gasteiger partial charge in [0.05, 0.1) is 19.3 Å². The number of benzene rings is 2. The number of hydrogen-bond acceptors (Lipinski definition) is 5. The molecule has 0 bridgehead atoms. The monoisotopic (exact) mass is 446 g/mol. The van der Waals surface area contributed by atoms with Gasteiger partial charge < -0.3 is 20.5 Å². The Morgan fingerprint density at radius 1 is 1.10 bits per heavy atom. The molecule has 1 aromatic heterocycles. The first-order valence-corrected chi connectivity index (χ1v) is 10.5. The minimum Gasteiger partial charge on any atom is -0.497 e. The Morgan fingerprint density at radius 2 is 1.90 bits per heavy atom. The summed E-state index contributed by atoms with van der Waals surface area (Å²) in [5, 5.41) is 21.1. The normalized spacial score (nSPS) is 12.5. The van der Waals surface area contributed by atoms with E-state index in [1.54, 1.807) is 30.6 Å². The summed E-state index contributed by atoms with van der Waals surface area (Å²) >= 11 is 1.61. The van der Waals surface area contributed by atoms with Crippen molar-refractivity contribution in [2.75, 3.05) is 13.7 Å². The third-order valence-corrected chi connectivity index (χ3v) is 5.40. The average Bonchev–Trinajstić information content (AvgIpc) is 3.27. The molecule has 0 saturated heterocycles. The number of thiophene rings is 1. The number of rotatable bonds is 10. The highest BCUT2D eigenvalue weighted by molar-refractivity contribution is 7.07. The predicted octanol–water partition coefficient (Wildman–Crippen LogP) is 3.67. The number of methoxy groups -OCH3 is 1. The third kappa shape index (κ3) is 7.15. The van der Waals surface area contributed by atoms with Crippen LogP contribution in [0.25, 0.3) is 0 Å². The van der Waals surface area contributed by atoms with E-state index in [0.717, 1.165) is 16.9 Å². The maximum absolute atomic E-state index is 12.6. The Balaban J connectivity index is 0.00000320. The van der Waals surface area contributed by atoms with E-state index in [2.05, 4.69) is 10.6 Å². The standard InChI is InChI=1S/C23H26N2O3S.ClH/c1-28-20-9-5-6-17(12-20)14-24-15-22(26)21(13-18-10-11-29-16-18)25-23(27)19-7-3-2-4-8-19;/h2-12,16,21-22,24,26H,13-15H2,1H3,(H,25,27);1H/t21-,22+;/m0./s1. The zero-order valence-corrected chi connectivity index (χ0v) is 18.4. The minimum atomic E-state index is -0.729. The Hall–Kier alpha value is -2.38. The Kier molecular flexibility index (Phi) is 9.83. The fourth-order valence-electron chi connectivity index (χ4n) is 3.08. The SMILES string of the molecule is COc1cccc(CNC[C@@H](O)[C@H](Cc2ccsc2)NC(=O)c2ccccc2)c1.Cl. The molecule has 0 unspecified atom stereocenters. The van der Waals surface area contributed by atoms with Crippen molar-refractivity contribution in [2.45, 2.75) is 25.1 Å². The van der Waals surface area contributed by atoms with Crippen molar-refractivity contribution in [3.8, 4) is 5.75 Å². The van der Waals surface area contributed by atoms with E-state index < -0.39 is 12.1 Å². The van der Waals surface area contributed by atoms with Gasteiger partial charge in [-0.15, -0.1) is 12.4 Å². The lowest BCUT2D eigenvalue weighted by molar-refractivity contribution is 0.0830. The lowest BCUT2D eigenvalue weighted by atomic mass is 10.0. The highest BCUT2D eigenvalue weighted by atomic mass is 35.5. The first-order chi connectivity index (χ1) is 14.2. The van der Waals surface area contributed by atoms with E-state index in [1.807, 2.05) is 59.3 Å². The molecule has 0 spiro atoms. The summed E-state index contributed by atoms with van der Waals surface area (Å²) in [5.74, 6) is 0.619. The van der Waals surface area contributed by atoms with Crippen LogP contribution in [0.5, 0.6) is 5.75 Å². The van der Waals surface area contributed by atoms with Crippen LogP contribution >= 0.6 is 23.7 Å². The van der Waals surface area contributed by atoms with E-state index in [9.17, 15) is 9.90 Å². The summed E-state index contributed by atoms with van der Waals surface area (Å²) in [6.45, 7) is 0.965. The molecule has 0 aliphatic rings. The maximum Gasteiger partial charge on any atom is 0.251 e. The molecule has 2 atom stereocenters. The quantitative estimate of drug-likeness (QED) is 0.444. The van der Waals surface area contributed by atoms with Crippen LogP contribution in [0.2, 0.25) is 0 Å². The van der Waals surface area contributed by atoms with Gasteiger partial charge in [-0.1, -0.05) is 30.3 Å². The lowest BCUT2D eigenvalue weighted by Crippen LogP contribution is -2.48. The molecule has 0 radical (unpaired) electrons. The first-order valence-electron chi connectivity index (χ1n) is 9.54. The number of aliphatic hydroxyl groups is 1. The van der Waals surface area contributed by atoms with Crippen LogP contribution < -0.4 is 15.4 Å². The molecular weight excluding hydrogens is 420 g/mol. The molecule has 0 fully saturated rings. The number of carbonyl (C=O) groups excluding carboxylic acids is 1. The Bertz CT molecular complexity index is 890. The largest absolute Gasteiger partial charge is 0.497 e. The van der Waals surface area contributed by atoms with Crippen molar-refractivity contribution in [3.05, 3.63) is 88.1 Å². The number of carbonyl (C=O) groups is 1. The Labute approximate surface area is 187 Å². The highest BCUT2D eigenvalue weighted by Gasteiger charge is 2.22. The fraction of sp³-hybridized carbons (Fsp3) is 0.261. The van der Waals surface area contributed by atoms with E-state index in [1.165, 1.54) is 0 Å². The van der Waals surface area contributed by atoms with Crippen molar-refractivity contribution in [1.29, 1.82) is 0 Å². The molecule has 3 rings (SSSR count). The van der Waals surface area contributed by atoms with Crippen LogP contribution in [0.1, 0.15) is 21.5 Å². The van der Waals surface area contributed by atoms with Crippen molar-refractivity contribution in [3.63, 3.8) is 0 Å². The van der Waals surface area contributed by atoms with Gasteiger partial charge in [0.25, 0.3) is 5.91 Å². The van der Waals surface area contributed by atoms with Crippen LogP contribution in [-0.2, 0) is 13.0 Å².